The summed E-state index contributed by atoms with van der Waals surface area (Å²) in [5.41, 5.74) is 1.19. The zero-order valence-corrected chi connectivity index (χ0v) is 13.6. The minimum atomic E-state index is 0.325. The lowest BCUT2D eigenvalue weighted by molar-refractivity contribution is -0.132. The molecular weight excluding hydrogens is 282 g/mol. The van der Waals surface area contributed by atoms with Crippen LogP contribution in [0.3, 0.4) is 0 Å². The van der Waals surface area contributed by atoms with Gasteiger partial charge in [-0.2, -0.15) is 0 Å². The molecule has 0 aromatic carbocycles. The summed E-state index contributed by atoms with van der Waals surface area (Å²) in [6.45, 7) is 5.00. The molecule has 2 fully saturated rings. The van der Waals surface area contributed by atoms with Gasteiger partial charge in [-0.1, -0.05) is 6.92 Å². The van der Waals surface area contributed by atoms with Gasteiger partial charge in [-0.3, -0.25) is 4.79 Å². The van der Waals surface area contributed by atoms with E-state index in [0.29, 0.717) is 24.3 Å². The molecule has 0 saturated carbocycles. The third kappa shape index (κ3) is 3.64. The van der Waals surface area contributed by atoms with Crippen molar-refractivity contribution in [1.29, 1.82) is 0 Å². The molecule has 1 aromatic rings. The van der Waals surface area contributed by atoms with Gasteiger partial charge in [0.15, 0.2) is 0 Å². The third-order valence-corrected chi connectivity index (χ3v) is 5.69. The smallest absolute Gasteiger partial charge is 0.224 e. The summed E-state index contributed by atoms with van der Waals surface area (Å²) in [5.74, 6) is 0.774. The van der Waals surface area contributed by atoms with E-state index in [4.69, 9.17) is 4.98 Å². The Morgan fingerprint density at radius 1 is 1.48 bits per heavy atom. The average Bonchev–Trinajstić information content (AvgIpc) is 3.18. The van der Waals surface area contributed by atoms with Crippen molar-refractivity contribution < 1.29 is 4.79 Å². The number of thiazole rings is 1. The Kier molecular flexibility index (Phi) is 4.91. The number of rotatable bonds is 4. The molecule has 2 unspecified atom stereocenters. The summed E-state index contributed by atoms with van der Waals surface area (Å²) in [6, 6.07) is 0.407. The van der Waals surface area contributed by atoms with Crippen LogP contribution in [-0.2, 0) is 11.2 Å². The number of hydrogen-bond donors (Lipinski definition) is 1. The lowest BCUT2D eigenvalue weighted by Gasteiger charge is -2.32. The van der Waals surface area contributed by atoms with Crippen LogP contribution in [0.2, 0.25) is 0 Å². The van der Waals surface area contributed by atoms with Crippen molar-refractivity contribution in [3.63, 3.8) is 0 Å². The third-order valence-electron chi connectivity index (χ3n) is 4.64. The van der Waals surface area contributed by atoms with Gasteiger partial charge in [0.05, 0.1) is 10.7 Å². The van der Waals surface area contributed by atoms with Crippen LogP contribution in [-0.4, -0.2) is 41.5 Å². The molecule has 0 bridgehead atoms. The maximum atomic E-state index is 12.5. The Hall–Kier alpha value is -0.940. The van der Waals surface area contributed by atoms with E-state index < -0.39 is 0 Å². The van der Waals surface area contributed by atoms with Gasteiger partial charge in [-0.05, 0) is 38.6 Å². The lowest BCUT2D eigenvalue weighted by Crippen LogP contribution is -2.41. The highest BCUT2D eigenvalue weighted by molar-refractivity contribution is 7.09. The largest absolute Gasteiger partial charge is 0.342 e. The zero-order chi connectivity index (χ0) is 14.7. The first-order valence-electron chi connectivity index (χ1n) is 8.21. The SMILES string of the molecule is CCc1csc(C2CCCN(C(=O)CC3CCCN3)C2)n1. The monoisotopic (exact) mass is 307 g/mol. The summed E-state index contributed by atoms with van der Waals surface area (Å²) in [4.78, 5) is 19.2. The molecule has 4 nitrogen and oxygen atoms in total. The first-order chi connectivity index (χ1) is 10.3. The standard InChI is InChI=1S/C16H25N3OS/c1-2-13-11-21-16(18-13)12-5-4-8-19(10-12)15(20)9-14-6-3-7-17-14/h11-12,14,17H,2-10H2,1H3. The van der Waals surface area contributed by atoms with Crippen LogP contribution in [0.5, 0.6) is 0 Å². The second-order valence-electron chi connectivity index (χ2n) is 6.21. The van der Waals surface area contributed by atoms with E-state index in [1.807, 2.05) is 0 Å². The average molecular weight is 307 g/mol. The van der Waals surface area contributed by atoms with E-state index >= 15 is 0 Å². The summed E-state index contributed by atoms with van der Waals surface area (Å²) in [7, 11) is 0. The fraction of sp³-hybridized carbons (Fsp3) is 0.750. The van der Waals surface area contributed by atoms with Gasteiger partial charge in [0.2, 0.25) is 5.91 Å². The fourth-order valence-electron chi connectivity index (χ4n) is 3.35. The number of aromatic nitrogens is 1. The van der Waals surface area contributed by atoms with Crippen molar-refractivity contribution in [2.45, 2.75) is 57.4 Å². The Bertz CT molecular complexity index is 482. The van der Waals surface area contributed by atoms with E-state index in [-0.39, 0.29) is 0 Å². The Balaban J connectivity index is 1.58. The first-order valence-corrected chi connectivity index (χ1v) is 9.09. The maximum absolute atomic E-state index is 12.5. The van der Waals surface area contributed by atoms with Crippen molar-refractivity contribution in [2.24, 2.45) is 0 Å². The molecular formula is C16H25N3OS. The molecule has 3 heterocycles. The molecule has 1 amide bonds. The summed E-state index contributed by atoms with van der Waals surface area (Å²) < 4.78 is 0. The lowest BCUT2D eigenvalue weighted by atomic mass is 9.98. The molecule has 1 aromatic heterocycles. The van der Waals surface area contributed by atoms with Crippen LogP contribution >= 0.6 is 11.3 Å². The molecule has 1 N–H and O–H groups in total. The maximum Gasteiger partial charge on any atom is 0.224 e. The number of likely N-dealkylation sites (tertiary alicyclic amines) is 1. The number of nitrogens with one attached hydrogen (secondary N) is 1. The number of piperidine rings is 1. The van der Waals surface area contributed by atoms with Gasteiger partial charge in [-0.15, -0.1) is 11.3 Å². The van der Waals surface area contributed by atoms with Gasteiger partial charge in [0, 0.05) is 36.9 Å². The van der Waals surface area contributed by atoms with Crippen molar-refractivity contribution in [2.75, 3.05) is 19.6 Å². The van der Waals surface area contributed by atoms with Crippen LogP contribution < -0.4 is 5.32 Å². The Labute approximate surface area is 130 Å². The summed E-state index contributed by atoms with van der Waals surface area (Å²) in [6.07, 6.45) is 6.30. The van der Waals surface area contributed by atoms with E-state index in [2.05, 4.69) is 22.5 Å². The molecule has 0 radical (unpaired) electrons. The number of carbonyl (C=O) groups is 1. The van der Waals surface area contributed by atoms with Crippen LogP contribution in [0, 0.1) is 0 Å². The molecule has 0 spiro atoms. The van der Waals surface area contributed by atoms with Crippen molar-refractivity contribution >= 4 is 17.2 Å². The highest BCUT2D eigenvalue weighted by Gasteiger charge is 2.28. The minimum Gasteiger partial charge on any atom is -0.342 e. The molecule has 2 atom stereocenters. The van der Waals surface area contributed by atoms with Gasteiger partial charge < -0.3 is 10.2 Å². The van der Waals surface area contributed by atoms with Crippen LogP contribution in [0.15, 0.2) is 5.38 Å². The topological polar surface area (TPSA) is 45.2 Å². The van der Waals surface area contributed by atoms with E-state index in [1.54, 1.807) is 11.3 Å². The predicted octanol–water partition coefficient (Wildman–Crippen LogP) is 2.55. The van der Waals surface area contributed by atoms with E-state index in [0.717, 1.165) is 38.9 Å². The molecule has 2 saturated heterocycles. The summed E-state index contributed by atoms with van der Waals surface area (Å²) in [5, 5.41) is 6.81. The number of carbonyl (C=O) groups excluding carboxylic acids is 1. The number of nitrogens with zero attached hydrogens (tertiary/aromatic N) is 2. The molecule has 5 heteroatoms. The number of hydrogen-bond acceptors (Lipinski definition) is 4. The van der Waals surface area contributed by atoms with Crippen molar-refractivity contribution in [3.8, 4) is 0 Å². The predicted molar refractivity (Wildman–Crippen MR) is 85.7 cm³/mol. The normalized spacial score (nSPS) is 26.2. The Morgan fingerprint density at radius 3 is 3.10 bits per heavy atom. The molecule has 3 rings (SSSR count). The Morgan fingerprint density at radius 2 is 2.38 bits per heavy atom. The molecule has 2 aliphatic rings. The minimum absolute atomic E-state index is 0.325. The molecule has 116 valence electrons. The highest BCUT2D eigenvalue weighted by Crippen LogP contribution is 2.30. The van der Waals surface area contributed by atoms with Crippen LogP contribution in [0.1, 0.15) is 55.6 Å². The fourth-order valence-corrected chi connectivity index (χ4v) is 4.38. The zero-order valence-electron chi connectivity index (χ0n) is 12.8. The highest BCUT2D eigenvalue weighted by atomic mass is 32.1. The van der Waals surface area contributed by atoms with Gasteiger partial charge in [0.1, 0.15) is 0 Å². The first kappa shape index (κ1) is 15.0. The quantitative estimate of drug-likeness (QED) is 0.930. The van der Waals surface area contributed by atoms with Gasteiger partial charge in [0.25, 0.3) is 0 Å². The van der Waals surface area contributed by atoms with Crippen LogP contribution in [0.4, 0.5) is 0 Å². The number of aryl methyl sites for hydroxylation is 1. The molecule has 21 heavy (non-hydrogen) atoms. The van der Waals surface area contributed by atoms with Gasteiger partial charge in [-0.25, -0.2) is 4.98 Å². The van der Waals surface area contributed by atoms with Crippen LogP contribution in [0.25, 0.3) is 0 Å². The van der Waals surface area contributed by atoms with Crippen molar-refractivity contribution in [3.05, 3.63) is 16.1 Å². The number of amides is 1. The molecule has 2 aliphatic heterocycles. The van der Waals surface area contributed by atoms with E-state index in [9.17, 15) is 4.79 Å². The summed E-state index contributed by atoms with van der Waals surface area (Å²) >= 11 is 1.77. The van der Waals surface area contributed by atoms with E-state index in [1.165, 1.54) is 23.5 Å². The molecule has 0 aliphatic carbocycles. The second kappa shape index (κ2) is 6.88. The second-order valence-corrected chi connectivity index (χ2v) is 7.10. The van der Waals surface area contributed by atoms with Crippen molar-refractivity contribution in [1.82, 2.24) is 15.2 Å². The van der Waals surface area contributed by atoms with Gasteiger partial charge >= 0.3 is 0 Å².